The average molecular weight is 387 g/mol. The summed E-state index contributed by atoms with van der Waals surface area (Å²) in [6, 6.07) is 7.20. The Morgan fingerprint density at radius 3 is 2.75 bits per heavy atom. The monoisotopic (exact) mass is 387 g/mol. The number of carbonyl (C=O) groups excluding carboxylic acids is 1. The number of aromatic amines is 1. The molecule has 5 nitrogen and oxygen atoms in total. The first-order valence-electron chi connectivity index (χ1n) is 9.59. The number of nitrogens with zero attached hydrogens (tertiary/aromatic N) is 2. The molecular weight excluding hydrogens is 364 g/mol. The number of likely N-dealkylation sites (tertiary alicyclic amines) is 2. The smallest absolute Gasteiger partial charge is 0.255 e. The van der Waals surface area contributed by atoms with Crippen molar-refractivity contribution >= 4 is 5.91 Å². The molecule has 7 heteroatoms. The van der Waals surface area contributed by atoms with E-state index in [2.05, 4.69) is 9.88 Å². The van der Waals surface area contributed by atoms with Crippen LogP contribution >= 0.6 is 0 Å². The highest BCUT2D eigenvalue weighted by Gasteiger charge is 2.43. The standard InChI is InChI=1S/C21H23F2N3O2/c22-17-4-1-3-16(19(17)23)12-25-9-2-7-21(13-25)8-10-26(14-21)20(28)15-5-6-18(27)24-11-15/h1,3-6,11H,2,7-10,12-14H2,(H,24,27)/t21-/m1/s1. The van der Waals surface area contributed by atoms with Crippen molar-refractivity contribution in [3.63, 3.8) is 0 Å². The van der Waals surface area contributed by atoms with E-state index < -0.39 is 11.6 Å². The van der Waals surface area contributed by atoms with E-state index in [4.69, 9.17) is 0 Å². The topological polar surface area (TPSA) is 56.4 Å². The number of amides is 1. The van der Waals surface area contributed by atoms with Gasteiger partial charge in [0.05, 0.1) is 5.56 Å². The Hall–Kier alpha value is -2.54. The Kier molecular flexibility index (Phi) is 5.02. The summed E-state index contributed by atoms with van der Waals surface area (Å²) in [6.07, 6.45) is 4.34. The fourth-order valence-corrected chi connectivity index (χ4v) is 4.52. The van der Waals surface area contributed by atoms with Crippen molar-refractivity contribution in [3.8, 4) is 0 Å². The van der Waals surface area contributed by atoms with Crippen molar-refractivity contribution < 1.29 is 13.6 Å². The third-order valence-corrected chi connectivity index (χ3v) is 5.92. The number of nitrogens with one attached hydrogen (secondary N) is 1. The molecule has 2 aliphatic heterocycles. The Balaban J connectivity index is 1.44. The largest absolute Gasteiger partial charge is 0.338 e. The van der Waals surface area contributed by atoms with Crippen molar-refractivity contribution in [2.24, 2.45) is 5.41 Å². The molecule has 2 aliphatic rings. The van der Waals surface area contributed by atoms with Crippen LogP contribution in [0.2, 0.25) is 0 Å². The molecule has 1 aromatic carbocycles. The molecular formula is C21H23F2N3O2. The number of hydrogen-bond acceptors (Lipinski definition) is 3. The van der Waals surface area contributed by atoms with Crippen molar-refractivity contribution in [2.75, 3.05) is 26.2 Å². The molecule has 0 radical (unpaired) electrons. The summed E-state index contributed by atoms with van der Waals surface area (Å²) in [5.41, 5.74) is 0.601. The second-order valence-corrected chi connectivity index (χ2v) is 7.95. The van der Waals surface area contributed by atoms with Crippen LogP contribution in [0.5, 0.6) is 0 Å². The lowest BCUT2D eigenvalue weighted by Crippen LogP contribution is -2.45. The van der Waals surface area contributed by atoms with Crippen LogP contribution in [0.3, 0.4) is 0 Å². The number of rotatable bonds is 3. The zero-order valence-corrected chi connectivity index (χ0v) is 15.6. The van der Waals surface area contributed by atoms with Gasteiger partial charge in [0.25, 0.3) is 5.91 Å². The average Bonchev–Trinajstić information content (AvgIpc) is 3.09. The van der Waals surface area contributed by atoms with Gasteiger partial charge in [0.1, 0.15) is 0 Å². The molecule has 1 aromatic heterocycles. The summed E-state index contributed by atoms with van der Waals surface area (Å²) in [4.78, 5) is 30.5. The SMILES string of the molecule is O=C(c1ccc(=O)[nH]c1)N1CC[C@@]2(CCCN(Cc3cccc(F)c3F)C2)C1. The molecule has 148 valence electrons. The van der Waals surface area contributed by atoms with Crippen LogP contribution in [0.25, 0.3) is 0 Å². The van der Waals surface area contributed by atoms with E-state index in [1.807, 2.05) is 4.90 Å². The van der Waals surface area contributed by atoms with E-state index in [1.165, 1.54) is 18.3 Å². The summed E-state index contributed by atoms with van der Waals surface area (Å²) in [5, 5.41) is 0. The molecule has 4 rings (SSSR count). The number of piperidine rings is 1. The van der Waals surface area contributed by atoms with Gasteiger partial charge in [-0.2, -0.15) is 0 Å². The van der Waals surface area contributed by atoms with Gasteiger partial charge in [-0.25, -0.2) is 8.78 Å². The highest BCUT2D eigenvalue weighted by Crippen LogP contribution is 2.39. The fourth-order valence-electron chi connectivity index (χ4n) is 4.52. The quantitative estimate of drug-likeness (QED) is 0.881. The second-order valence-electron chi connectivity index (χ2n) is 7.95. The van der Waals surface area contributed by atoms with Crippen LogP contribution < -0.4 is 5.56 Å². The second kappa shape index (κ2) is 7.47. The molecule has 0 saturated carbocycles. The summed E-state index contributed by atoms with van der Waals surface area (Å²) < 4.78 is 27.5. The molecule has 2 aromatic rings. The van der Waals surface area contributed by atoms with Crippen molar-refractivity contribution in [1.82, 2.24) is 14.8 Å². The van der Waals surface area contributed by atoms with E-state index in [0.29, 0.717) is 30.8 Å². The van der Waals surface area contributed by atoms with Crippen molar-refractivity contribution in [3.05, 3.63) is 69.6 Å². The molecule has 0 unspecified atom stereocenters. The molecule has 2 saturated heterocycles. The molecule has 28 heavy (non-hydrogen) atoms. The van der Waals surface area contributed by atoms with Gasteiger partial charge in [0, 0.05) is 49.4 Å². The minimum Gasteiger partial charge on any atom is -0.338 e. The molecule has 1 spiro atoms. The number of halogens is 2. The highest BCUT2D eigenvalue weighted by atomic mass is 19.2. The predicted octanol–water partition coefficient (Wildman–Crippen LogP) is 2.78. The van der Waals surface area contributed by atoms with Crippen LogP contribution in [0.1, 0.15) is 35.2 Å². The molecule has 0 aliphatic carbocycles. The number of pyridine rings is 1. The molecule has 1 amide bonds. The van der Waals surface area contributed by atoms with E-state index in [1.54, 1.807) is 12.1 Å². The first kappa shape index (κ1) is 18.8. The van der Waals surface area contributed by atoms with Gasteiger partial charge in [-0.1, -0.05) is 12.1 Å². The first-order chi connectivity index (χ1) is 13.5. The van der Waals surface area contributed by atoms with Gasteiger partial charge >= 0.3 is 0 Å². The van der Waals surface area contributed by atoms with Gasteiger partial charge < -0.3 is 9.88 Å². The minimum absolute atomic E-state index is 0.0140. The Bertz CT molecular complexity index is 925. The maximum absolute atomic E-state index is 14.0. The molecule has 1 N–H and O–H groups in total. The van der Waals surface area contributed by atoms with E-state index in [9.17, 15) is 18.4 Å². The van der Waals surface area contributed by atoms with E-state index in [-0.39, 0.29) is 16.9 Å². The lowest BCUT2D eigenvalue weighted by Gasteiger charge is -2.40. The third-order valence-electron chi connectivity index (χ3n) is 5.92. The molecule has 3 heterocycles. The summed E-state index contributed by atoms with van der Waals surface area (Å²) in [5.74, 6) is -1.67. The maximum Gasteiger partial charge on any atom is 0.255 e. The number of H-pyrrole nitrogens is 1. The number of aromatic nitrogens is 1. The lowest BCUT2D eigenvalue weighted by atomic mass is 9.79. The van der Waals surface area contributed by atoms with Crippen LogP contribution in [-0.2, 0) is 6.54 Å². The van der Waals surface area contributed by atoms with Gasteiger partial charge in [-0.3, -0.25) is 14.5 Å². The van der Waals surface area contributed by atoms with Crippen LogP contribution in [0.4, 0.5) is 8.78 Å². The summed E-state index contributed by atoms with van der Waals surface area (Å²) >= 11 is 0. The molecule has 2 fully saturated rings. The zero-order valence-electron chi connectivity index (χ0n) is 15.6. The van der Waals surface area contributed by atoms with Crippen molar-refractivity contribution in [1.29, 1.82) is 0 Å². The Morgan fingerprint density at radius 2 is 1.96 bits per heavy atom. The van der Waals surface area contributed by atoms with Crippen molar-refractivity contribution in [2.45, 2.75) is 25.8 Å². The molecule has 1 atom stereocenters. The van der Waals surface area contributed by atoms with Gasteiger partial charge in [0.15, 0.2) is 11.6 Å². The predicted molar refractivity (Wildman–Crippen MR) is 101 cm³/mol. The highest BCUT2D eigenvalue weighted by molar-refractivity contribution is 5.94. The lowest BCUT2D eigenvalue weighted by molar-refractivity contribution is 0.0672. The first-order valence-corrected chi connectivity index (χ1v) is 9.59. The fraction of sp³-hybridized carbons (Fsp3) is 0.429. The van der Waals surface area contributed by atoms with E-state index >= 15 is 0 Å². The number of hydrogen-bond donors (Lipinski definition) is 1. The van der Waals surface area contributed by atoms with Gasteiger partial charge in [-0.15, -0.1) is 0 Å². The normalized spacial score (nSPS) is 22.7. The maximum atomic E-state index is 14.0. The minimum atomic E-state index is -0.817. The van der Waals surface area contributed by atoms with Crippen LogP contribution in [0, 0.1) is 17.0 Å². The third kappa shape index (κ3) is 3.71. The Labute approximate surface area is 162 Å². The summed E-state index contributed by atoms with van der Waals surface area (Å²) in [7, 11) is 0. The Morgan fingerprint density at radius 1 is 1.11 bits per heavy atom. The molecule has 0 bridgehead atoms. The number of carbonyl (C=O) groups is 1. The van der Waals surface area contributed by atoms with Gasteiger partial charge in [-0.05, 0) is 37.9 Å². The number of benzene rings is 1. The van der Waals surface area contributed by atoms with Crippen LogP contribution in [-0.4, -0.2) is 46.9 Å². The van der Waals surface area contributed by atoms with Gasteiger partial charge in [0.2, 0.25) is 5.56 Å². The van der Waals surface area contributed by atoms with E-state index in [0.717, 1.165) is 38.4 Å². The zero-order chi connectivity index (χ0) is 19.7. The van der Waals surface area contributed by atoms with Crippen LogP contribution in [0.15, 0.2) is 41.3 Å². The summed E-state index contributed by atoms with van der Waals surface area (Å²) in [6.45, 7) is 3.29.